The van der Waals surface area contributed by atoms with Gasteiger partial charge in [-0.1, -0.05) is 0 Å². The third-order valence-corrected chi connectivity index (χ3v) is 3.93. The molecule has 5 heteroatoms. The van der Waals surface area contributed by atoms with Crippen LogP contribution in [-0.2, 0) is 4.74 Å². The van der Waals surface area contributed by atoms with E-state index in [4.69, 9.17) is 4.74 Å². The number of hydrogen-bond acceptors (Lipinski definition) is 4. The minimum atomic E-state index is 0. The third kappa shape index (κ3) is 4.07. The van der Waals surface area contributed by atoms with Gasteiger partial charge in [-0.2, -0.15) is 0 Å². The fourth-order valence-electron chi connectivity index (χ4n) is 2.84. The van der Waals surface area contributed by atoms with E-state index in [0.717, 1.165) is 12.6 Å². The van der Waals surface area contributed by atoms with Gasteiger partial charge in [0.15, 0.2) is 0 Å². The standard InChI is InChI=1S/C12H25N3O.ClH/c1-11(10-16-2)14-5-7-15(8-6-14)12-3-4-13-9-12;/h11-13H,3-10H2,1-2H3;1H. The van der Waals surface area contributed by atoms with E-state index in [1.807, 2.05) is 0 Å². The number of nitrogens with zero attached hydrogens (tertiary/aromatic N) is 2. The highest BCUT2D eigenvalue weighted by molar-refractivity contribution is 5.85. The summed E-state index contributed by atoms with van der Waals surface area (Å²) in [6.07, 6.45) is 1.33. The Kier molecular flexibility index (Phi) is 6.74. The number of nitrogens with one attached hydrogen (secondary N) is 1. The van der Waals surface area contributed by atoms with Gasteiger partial charge in [-0.3, -0.25) is 9.80 Å². The molecule has 2 rings (SSSR count). The molecule has 17 heavy (non-hydrogen) atoms. The van der Waals surface area contributed by atoms with Crippen molar-refractivity contribution in [2.75, 3.05) is 53.0 Å². The number of methoxy groups -OCH3 is 1. The predicted octanol–water partition coefficient (Wildman–Crippen LogP) is 0.423. The zero-order chi connectivity index (χ0) is 11.4. The summed E-state index contributed by atoms with van der Waals surface area (Å²) in [7, 11) is 1.79. The first-order valence-electron chi connectivity index (χ1n) is 6.49. The van der Waals surface area contributed by atoms with Crippen LogP contribution in [0.15, 0.2) is 0 Å². The molecule has 4 nitrogen and oxygen atoms in total. The van der Waals surface area contributed by atoms with E-state index in [1.54, 1.807) is 7.11 Å². The van der Waals surface area contributed by atoms with E-state index in [9.17, 15) is 0 Å². The molecule has 2 heterocycles. The van der Waals surface area contributed by atoms with Gasteiger partial charge in [0, 0.05) is 51.9 Å². The van der Waals surface area contributed by atoms with Crippen LogP contribution in [0.3, 0.4) is 0 Å². The fourth-order valence-corrected chi connectivity index (χ4v) is 2.84. The molecule has 2 fully saturated rings. The Labute approximate surface area is 111 Å². The molecule has 0 amide bonds. The molecule has 0 aliphatic carbocycles. The number of piperazine rings is 1. The lowest BCUT2D eigenvalue weighted by atomic mass is 10.1. The summed E-state index contributed by atoms with van der Waals surface area (Å²) >= 11 is 0. The maximum absolute atomic E-state index is 5.22. The van der Waals surface area contributed by atoms with Crippen molar-refractivity contribution in [2.24, 2.45) is 0 Å². The van der Waals surface area contributed by atoms with Gasteiger partial charge in [0.05, 0.1) is 6.61 Å². The summed E-state index contributed by atoms with van der Waals surface area (Å²) in [5.74, 6) is 0. The van der Waals surface area contributed by atoms with Crippen molar-refractivity contribution >= 4 is 12.4 Å². The minimum Gasteiger partial charge on any atom is -0.383 e. The Balaban J connectivity index is 0.00000144. The van der Waals surface area contributed by atoms with Crippen molar-refractivity contribution in [1.82, 2.24) is 15.1 Å². The normalized spacial score (nSPS) is 28.9. The summed E-state index contributed by atoms with van der Waals surface area (Å²) in [5.41, 5.74) is 0. The zero-order valence-electron chi connectivity index (χ0n) is 11.0. The average molecular weight is 264 g/mol. The minimum absolute atomic E-state index is 0. The second kappa shape index (κ2) is 7.54. The van der Waals surface area contributed by atoms with Crippen LogP contribution in [0.2, 0.25) is 0 Å². The van der Waals surface area contributed by atoms with Gasteiger partial charge in [-0.05, 0) is 19.9 Å². The van der Waals surface area contributed by atoms with Crippen molar-refractivity contribution in [1.29, 1.82) is 0 Å². The van der Waals surface area contributed by atoms with Crippen LogP contribution in [0.4, 0.5) is 0 Å². The molecule has 2 atom stereocenters. The summed E-state index contributed by atoms with van der Waals surface area (Å²) in [5, 5.41) is 3.45. The van der Waals surface area contributed by atoms with Crippen molar-refractivity contribution in [3.63, 3.8) is 0 Å². The monoisotopic (exact) mass is 263 g/mol. The largest absolute Gasteiger partial charge is 0.383 e. The summed E-state index contributed by atoms with van der Waals surface area (Å²) in [6.45, 7) is 10.3. The lowest BCUT2D eigenvalue weighted by Gasteiger charge is -2.40. The predicted molar refractivity (Wildman–Crippen MR) is 73.0 cm³/mol. The van der Waals surface area contributed by atoms with Gasteiger partial charge in [-0.25, -0.2) is 0 Å². The van der Waals surface area contributed by atoms with Crippen LogP contribution >= 0.6 is 12.4 Å². The Bertz CT molecular complexity index is 204. The van der Waals surface area contributed by atoms with Crippen LogP contribution in [0.1, 0.15) is 13.3 Å². The molecule has 0 radical (unpaired) electrons. The van der Waals surface area contributed by atoms with Crippen LogP contribution in [0.5, 0.6) is 0 Å². The summed E-state index contributed by atoms with van der Waals surface area (Å²) in [4.78, 5) is 5.19. The smallest absolute Gasteiger partial charge is 0.0615 e. The van der Waals surface area contributed by atoms with Gasteiger partial charge in [0.2, 0.25) is 0 Å². The second-order valence-corrected chi connectivity index (χ2v) is 5.02. The Morgan fingerprint density at radius 3 is 2.53 bits per heavy atom. The SMILES string of the molecule is COCC(C)N1CCN(C2CCNC2)CC1.Cl. The first kappa shape index (κ1) is 15.2. The van der Waals surface area contributed by atoms with Gasteiger partial charge in [0.25, 0.3) is 0 Å². The molecule has 1 N–H and O–H groups in total. The van der Waals surface area contributed by atoms with Crippen molar-refractivity contribution in [3.05, 3.63) is 0 Å². The molecule has 0 bridgehead atoms. The van der Waals surface area contributed by atoms with Gasteiger partial charge >= 0.3 is 0 Å². The molecule has 0 aromatic heterocycles. The van der Waals surface area contributed by atoms with Crippen LogP contribution in [-0.4, -0.2) is 74.9 Å². The molecular formula is C12H26ClN3O. The number of ether oxygens (including phenoxy) is 1. The van der Waals surface area contributed by atoms with E-state index < -0.39 is 0 Å². The van der Waals surface area contributed by atoms with Crippen LogP contribution < -0.4 is 5.32 Å². The maximum atomic E-state index is 5.22. The van der Waals surface area contributed by atoms with Gasteiger partial charge in [-0.15, -0.1) is 12.4 Å². The quantitative estimate of drug-likeness (QED) is 0.796. The first-order chi connectivity index (χ1) is 7.81. The molecule has 0 aromatic carbocycles. The number of hydrogen-bond donors (Lipinski definition) is 1. The Hall–Kier alpha value is 0.130. The summed E-state index contributed by atoms with van der Waals surface area (Å²) in [6, 6.07) is 1.36. The highest BCUT2D eigenvalue weighted by Gasteiger charge is 2.27. The molecule has 2 aliphatic rings. The van der Waals surface area contributed by atoms with E-state index in [0.29, 0.717) is 6.04 Å². The van der Waals surface area contributed by atoms with Gasteiger partial charge in [0.1, 0.15) is 0 Å². The fraction of sp³-hybridized carbons (Fsp3) is 1.00. The number of halogens is 1. The lowest BCUT2D eigenvalue weighted by molar-refractivity contribution is 0.0450. The van der Waals surface area contributed by atoms with E-state index in [1.165, 1.54) is 45.7 Å². The molecule has 2 unspecified atom stereocenters. The van der Waals surface area contributed by atoms with E-state index in [-0.39, 0.29) is 12.4 Å². The highest BCUT2D eigenvalue weighted by atomic mass is 35.5. The lowest BCUT2D eigenvalue weighted by Crippen LogP contribution is -2.53. The first-order valence-corrected chi connectivity index (χ1v) is 6.49. The number of rotatable bonds is 4. The van der Waals surface area contributed by atoms with E-state index in [2.05, 4.69) is 22.0 Å². The van der Waals surface area contributed by atoms with Crippen molar-refractivity contribution in [3.8, 4) is 0 Å². The Morgan fingerprint density at radius 1 is 1.29 bits per heavy atom. The van der Waals surface area contributed by atoms with Crippen molar-refractivity contribution in [2.45, 2.75) is 25.4 Å². The molecule has 2 aliphatic heterocycles. The topological polar surface area (TPSA) is 27.7 Å². The zero-order valence-corrected chi connectivity index (χ0v) is 11.8. The second-order valence-electron chi connectivity index (χ2n) is 5.02. The average Bonchev–Trinajstić information content (AvgIpc) is 2.83. The maximum Gasteiger partial charge on any atom is 0.0615 e. The highest BCUT2D eigenvalue weighted by Crippen LogP contribution is 2.13. The molecule has 2 saturated heterocycles. The van der Waals surface area contributed by atoms with Crippen LogP contribution in [0, 0.1) is 0 Å². The third-order valence-electron chi connectivity index (χ3n) is 3.93. The molecule has 0 aromatic rings. The van der Waals surface area contributed by atoms with Crippen molar-refractivity contribution < 1.29 is 4.74 Å². The molecular weight excluding hydrogens is 238 g/mol. The van der Waals surface area contributed by atoms with E-state index >= 15 is 0 Å². The molecule has 102 valence electrons. The Morgan fingerprint density at radius 2 is 2.00 bits per heavy atom. The molecule has 0 saturated carbocycles. The summed E-state index contributed by atoms with van der Waals surface area (Å²) < 4.78 is 5.22. The van der Waals surface area contributed by atoms with Crippen LogP contribution in [0.25, 0.3) is 0 Å². The molecule has 0 spiro atoms. The van der Waals surface area contributed by atoms with Gasteiger partial charge < -0.3 is 10.1 Å².